The highest BCUT2D eigenvalue weighted by Crippen LogP contribution is 2.44. The molecular weight excluding hydrogens is 376 g/mol. The molecule has 2 aliphatic heterocycles. The fourth-order valence-corrected chi connectivity index (χ4v) is 5.05. The van der Waals surface area contributed by atoms with Gasteiger partial charge in [-0.1, -0.05) is 36.4 Å². The summed E-state index contributed by atoms with van der Waals surface area (Å²) in [4.78, 5) is 28.9. The molecule has 0 radical (unpaired) electrons. The van der Waals surface area contributed by atoms with Gasteiger partial charge in [0.05, 0.1) is 29.7 Å². The number of carboxylic acids is 1. The molecule has 2 aromatic carbocycles. The van der Waals surface area contributed by atoms with Crippen molar-refractivity contribution < 1.29 is 19.4 Å². The molecule has 3 aromatic rings. The van der Waals surface area contributed by atoms with Gasteiger partial charge in [-0.3, -0.25) is 9.59 Å². The maximum atomic E-state index is 12.8. The number of nitrogens with zero attached hydrogens (tertiary/aromatic N) is 1. The van der Waals surface area contributed by atoms with Crippen molar-refractivity contribution in [1.82, 2.24) is 4.98 Å². The molecule has 2 bridgehead atoms. The molecule has 4 atom stereocenters. The number of hydrogen-bond donors (Lipinski definition) is 2. The van der Waals surface area contributed by atoms with Crippen LogP contribution in [-0.4, -0.2) is 34.2 Å². The minimum Gasteiger partial charge on any atom is -0.481 e. The van der Waals surface area contributed by atoms with Crippen molar-refractivity contribution in [1.29, 1.82) is 0 Å². The first-order chi connectivity index (χ1) is 13.6. The van der Waals surface area contributed by atoms with Crippen molar-refractivity contribution in [3.05, 3.63) is 47.8 Å². The van der Waals surface area contributed by atoms with Crippen LogP contribution in [-0.2, 0) is 14.3 Å². The topological polar surface area (TPSA) is 88.5 Å². The van der Waals surface area contributed by atoms with E-state index in [0.717, 1.165) is 28.5 Å². The van der Waals surface area contributed by atoms with Crippen LogP contribution in [0.2, 0.25) is 0 Å². The molecule has 3 heterocycles. The van der Waals surface area contributed by atoms with E-state index in [0.29, 0.717) is 11.6 Å². The lowest BCUT2D eigenvalue weighted by molar-refractivity contribution is -0.147. The zero-order valence-corrected chi connectivity index (χ0v) is 15.7. The summed E-state index contributed by atoms with van der Waals surface area (Å²) in [6.07, 6.45) is 0.760. The fourth-order valence-electron chi connectivity index (χ4n) is 4.33. The van der Waals surface area contributed by atoms with E-state index < -0.39 is 17.8 Å². The number of carbonyl (C=O) groups excluding carboxylic acids is 1. The monoisotopic (exact) mass is 394 g/mol. The fraction of sp³-hybridized carbons (Fsp3) is 0.286. The van der Waals surface area contributed by atoms with Crippen molar-refractivity contribution >= 4 is 39.1 Å². The minimum atomic E-state index is -0.969. The van der Waals surface area contributed by atoms with Crippen LogP contribution in [0.5, 0.6) is 0 Å². The first-order valence-electron chi connectivity index (χ1n) is 9.24. The second-order valence-electron chi connectivity index (χ2n) is 7.27. The van der Waals surface area contributed by atoms with Crippen molar-refractivity contribution in [2.24, 2.45) is 11.8 Å². The van der Waals surface area contributed by atoms with Gasteiger partial charge in [-0.25, -0.2) is 4.98 Å². The van der Waals surface area contributed by atoms with E-state index in [9.17, 15) is 14.7 Å². The first-order valence-corrected chi connectivity index (χ1v) is 10.1. The number of nitrogens with one attached hydrogen (secondary N) is 1. The molecule has 2 N–H and O–H groups in total. The third kappa shape index (κ3) is 2.87. The van der Waals surface area contributed by atoms with Crippen molar-refractivity contribution in [3.63, 3.8) is 0 Å². The van der Waals surface area contributed by atoms with Crippen LogP contribution in [0.15, 0.2) is 47.8 Å². The Morgan fingerprint density at radius 2 is 1.82 bits per heavy atom. The lowest BCUT2D eigenvalue weighted by Gasteiger charge is -2.23. The van der Waals surface area contributed by atoms with Gasteiger partial charge >= 0.3 is 5.97 Å². The molecule has 2 aliphatic rings. The number of fused-ring (bicyclic) bond motifs is 3. The van der Waals surface area contributed by atoms with Gasteiger partial charge in [0.1, 0.15) is 0 Å². The molecule has 0 unspecified atom stereocenters. The highest BCUT2D eigenvalue weighted by atomic mass is 32.1. The van der Waals surface area contributed by atoms with E-state index in [4.69, 9.17) is 4.74 Å². The number of carbonyl (C=O) groups is 2. The van der Waals surface area contributed by atoms with Gasteiger partial charge < -0.3 is 15.2 Å². The summed E-state index contributed by atoms with van der Waals surface area (Å²) < 4.78 is 5.67. The minimum absolute atomic E-state index is 0.314. The molecule has 7 heteroatoms. The number of aliphatic carboxylic acids is 1. The molecule has 142 valence electrons. The number of aromatic nitrogens is 1. The van der Waals surface area contributed by atoms with Crippen LogP contribution in [0.3, 0.4) is 0 Å². The van der Waals surface area contributed by atoms with Gasteiger partial charge in [0.25, 0.3) is 0 Å². The van der Waals surface area contributed by atoms with Crippen LogP contribution in [0, 0.1) is 11.8 Å². The van der Waals surface area contributed by atoms with E-state index in [2.05, 4.69) is 28.5 Å². The number of ether oxygens (including phenoxy) is 1. The molecule has 28 heavy (non-hydrogen) atoms. The van der Waals surface area contributed by atoms with E-state index in [-0.39, 0.29) is 18.1 Å². The number of amides is 1. The average molecular weight is 394 g/mol. The van der Waals surface area contributed by atoms with Crippen molar-refractivity contribution in [2.45, 2.75) is 25.0 Å². The Labute approximate surface area is 165 Å². The van der Waals surface area contributed by atoms with E-state index in [1.54, 1.807) is 0 Å². The number of benzene rings is 2. The Balaban J connectivity index is 1.36. The Kier molecular flexibility index (Phi) is 4.14. The van der Waals surface area contributed by atoms with Crippen molar-refractivity contribution in [3.8, 4) is 11.3 Å². The molecule has 0 aliphatic carbocycles. The molecule has 1 aromatic heterocycles. The lowest BCUT2D eigenvalue weighted by Crippen LogP contribution is -2.40. The maximum Gasteiger partial charge on any atom is 0.310 e. The number of rotatable bonds is 4. The molecular formula is C21H18N2O4S. The van der Waals surface area contributed by atoms with Gasteiger partial charge in [-0.2, -0.15) is 0 Å². The number of carboxylic acid groups (broad SMARTS) is 1. The summed E-state index contributed by atoms with van der Waals surface area (Å²) in [7, 11) is 0. The zero-order chi connectivity index (χ0) is 19.3. The molecule has 0 spiro atoms. The highest BCUT2D eigenvalue weighted by Gasteiger charge is 2.55. The van der Waals surface area contributed by atoms with E-state index >= 15 is 0 Å². The predicted molar refractivity (Wildman–Crippen MR) is 106 cm³/mol. The number of hydrogen-bond acceptors (Lipinski definition) is 5. The predicted octanol–water partition coefficient (Wildman–Crippen LogP) is 3.78. The Hall–Kier alpha value is -2.77. The van der Waals surface area contributed by atoms with Crippen LogP contribution in [0.4, 0.5) is 5.13 Å². The van der Waals surface area contributed by atoms with Gasteiger partial charge in [-0.05, 0) is 29.7 Å². The summed E-state index contributed by atoms with van der Waals surface area (Å²) in [6, 6.07) is 14.2. The molecule has 1 amide bonds. The van der Waals surface area contributed by atoms with Gasteiger partial charge in [-0.15, -0.1) is 11.3 Å². The third-order valence-electron chi connectivity index (χ3n) is 5.64. The SMILES string of the molecule is O=C(O)[C@@H]1[C@H](C(=O)Nc2nc(-c3ccc4ccccc4c3)cs2)[C@@H]2CC[C@@H]1O2. The highest BCUT2D eigenvalue weighted by molar-refractivity contribution is 7.14. The first kappa shape index (κ1) is 17.3. The molecule has 5 rings (SSSR count). The standard InChI is InChI=1S/C21H18N2O4S/c24-19(17-15-7-8-16(27-15)18(17)20(25)26)23-21-22-14(10-28-21)13-6-5-11-3-1-2-4-12(11)9-13/h1-6,9-10,15-18H,7-8H2,(H,25,26)(H,22,23,24)/t15-,16-,17+,18-/m0/s1. The third-order valence-corrected chi connectivity index (χ3v) is 6.40. The summed E-state index contributed by atoms with van der Waals surface area (Å²) in [5, 5.41) is 16.9. The maximum absolute atomic E-state index is 12.8. The lowest BCUT2D eigenvalue weighted by atomic mass is 9.79. The number of thiazole rings is 1. The summed E-state index contributed by atoms with van der Waals surface area (Å²) in [5.41, 5.74) is 1.76. The Morgan fingerprint density at radius 1 is 1.07 bits per heavy atom. The second kappa shape index (κ2) is 6.68. The van der Waals surface area contributed by atoms with E-state index in [1.807, 2.05) is 29.6 Å². The van der Waals surface area contributed by atoms with Crippen LogP contribution < -0.4 is 5.32 Å². The van der Waals surface area contributed by atoms with Gasteiger partial charge in [0, 0.05) is 10.9 Å². The summed E-state index contributed by atoms with van der Waals surface area (Å²) in [5.74, 6) is -2.73. The van der Waals surface area contributed by atoms with Crippen LogP contribution >= 0.6 is 11.3 Å². The molecule has 2 fully saturated rings. The molecule has 0 saturated carbocycles. The number of anilines is 1. The Morgan fingerprint density at radius 3 is 2.61 bits per heavy atom. The van der Waals surface area contributed by atoms with Crippen molar-refractivity contribution in [2.75, 3.05) is 5.32 Å². The van der Waals surface area contributed by atoms with Crippen LogP contribution in [0.25, 0.3) is 22.0 Å². The summed E-state index contributed by atoms with van der Waals surface area (Å²) in [6.45, 7) is 0. The van der Waals surface area contributed by atoms with Crippen LogP contribution in [0.1, 0.15) is 12.8 Å². The zero-order valence-electron chi connectivity index (χ0n) is 14.9. The largest absolute Gasteiger partial charge is 0.481 e. The summed E-state index contributed by atoms with van der Waals surface area (Å²) >= 11 is 1.34. The molecule has 6 nitrogen and oxygen atoms in total. The average Bonchev–Trinajstić information content (AvgIpc) is 3.43. The van der Waals surface area contributed by atoms with Gasteiger partial charge in [0.15, 0.2) is 5.13 Å². The normalized spacial score (nSPS) is 25.9. The van der Waals surface area contributed by atoms with E-state index in [1.165, 1.54) is 11.3 Å². The second-order valence-corrected chi connectivity index (χ2v) is 8.13. The van der Waals surface area contributed by atoms with Gasteiger partial charge in [0.2, 0.25) is 5.91 Å². The quantitative estimate of drug-likeness (QED) is 0.703. The smallest absolute Gasteiger partial charge is 0.310 e. The molecule has 2 saturated heterocycles. The Bertz CT molecular complexity index is 1080.